The van der Waals surface area contributed by atoms with Gasteiger partial charge >= 0.3 is 0 Å². The van der Waals surface area contributed by atoms with Crippen molar-refractivity contribution in [2.24, 2.45) is 0 Å². The fourth-order valence-corrected chi connectivity index (χ4v) is 3.01. The van der Waals surface area contributed by atoms with Crippen molar-refractivity contribution >= 4 is 0 Å². The van der Waals surface area contributed by atoms with Gasteiger partial charge in [-0.3, -0.25) is 4.98 Å². The highest BCUT2D eigenvalue weighted by atomic mass is 19.1. The van der Waals surface area contributed by atoms with Crippen molar-refractivity contribution in [3.63, 3.8) is 0 Å². The Balaban J connectivity index is 1.45. The lowest BCUT2D eigenvalue weighted by Crippen LogP contribution is -1.95. The molecule has 0 spiro atoms. The van der Waals surface area contributed by atoms with E-state index in [1.165, 1.54) is 6.07 Å². The van der Waals surface area contributed by atoms with E-state index in [2.05, 4.69) is 27.3 Å². The van der Waals surface area contributed by atoms with Gasteiger partial charge in [0, 0.05) is 42.1 Å². The number of hydrogen-bond acceptors (Lipinski definition) is 4. The molecule has 3 heterocycles. The summed E-state index contributed by atoms with van der Waals surface area (Å²) in [4.78, 5) is 8.18. The summed E-state index contributed by atoms with van der Waals surface area (Å²) in [5, 5.41) is 4.17. The molecule has 0 fully saturated rings. The Morgan fingerprint density at radius 3 is 2.33 bits per heavy atom. The van der Waals surface area contributed by atoms with Gasteiger partial charge in [-0.1, -0.05) is 35.5 Å². The van der Waals surface area contributed by atoms with Crippen molar-refractivity contribution in [2.75, 3.05) is 0 Å². The Kier molecular flexibility index (Phi) is 4.75. The molecule has 0 amide bonds. The average Bonchev–Trinajstić information content (AvgIpc) is 3.12. The number of aryl methyl sites for hydroxylation is 1. The van der Waals surface area contributed by atoms with Crippen molar-refractivity contribution in [1.29, 1.82) is 0 Å². The first-order chi connectivity index (χ1) is 13.2. The van der Waals surface area contributed by atoms with Crippen LogP contribution in [0.25, 0.3) is 11.3 Å². The molecular weight excluding hydrogens is 341 g/mol. The maximum Gasteiger partial charge on any atom is 0.213 e. The van der Waals surface area contributed by atoms with Crippen LogP contribution in [-0.4, -0.2) is 15.1 Å². The van der Waals surface area contributed by atoms with Crippen LogP contribution in [0.2, 0.25) is 0 Å². The van der Waals surface area contributed by atoms with Crippen molar-refractivity contribution in [2.45, 2.75) is 19.8 Å². The summed E-state index contributed by atoms with van der Waals surface area (Å²) >= 11 is 0. The number of halogens is 1. The molecule has 0 saturated carbocycles. The van der Waals surface area contributed by atoms with Gasteiger partial charge in [0.05, 0.1) is 5.69 Å². The number of benzene rings is 1. The molecule has 4 rings (SSSR count). The fraction of sp³-hybridized carbons (Fsp3) is 0.136. The zero-order chi connectivity index (χ0) is 18.6. The third-order valence-corrected chi connectivity index (χ3v) is 4.40. The average molecular weight is 359 g/mol. The predicted octanol–water partition coefficient (Wildman–Crippen LogP) is 4.76. The smallest absolute Gasteiger partial charge is 0.213 e. The fourth-order valence-electron chi connectivity index (χ4n) is 3.01. The second-order valence-corrected chi connectivity index (χ2v) is 6.44. The van der Waals surface area contributed by atoms with Gasteiger partial charge in [-0.2, -0.15) is 4.39 Å². The monoisotopic (exact) mass is 359 g/mol. The predicted molar refractivity (Wildman–Crippen MR) is 101 cm³/mol. The number of hydrogen-bond donors (Lipinski definition) is 0. The number of nitrogens with zero attached hydrogens (tertiary/aromatic N) is 3. The van der Waals surface area contributed by atoms with Crippen LogP contribution in [0.1, 0.15) is 28.2 Å². The number of rotatable bonds is 5. The Morgan fingerprint density at radius 2 is 1.63 bits per heavy atom. The zero-order valence-electron chi connectivity index (χ0n) is 14.9. The van der Waals surface area contributed by atoms with Gasteiger partial charge in [-0.15, -0.1) is 0 Å². The minimum Gasteiger partial charge on any atom is -0.356 e. The summed E-state index contributed by atoms with van der Waals surface area (Å²) in [6.07, 6.45) is 3.05. The van der Waals surface area contributed by atoms with Gasteiger partial charge in [-0.25, -0.2) is 4.98 Å². The molecule has 0 saturated heterocycles. The molecule has 4 nitrogen and oxygen atoms in total. The Morgan fingerprint density at radius 1 is 0.889 bits per heavy atom. The molecule has 134 valence electrons. The zero-order valence-corrected chi connectivity index (χ0v) is 14.9. The van der Waals surface area contributed by atoms with E-state index < -0.39 is 5.95 Å². The van der Waals surface area contributed by atoms with Crippen LogP contribution in [0.3, 0.4) is 0 Å². The van der Waals surface area contributed by atoms with Gasteiger partial charge in [-0.05, 0) is 42.3 Å². The van der Waals surface area contributed by atoms with Gasteiger partial charge in [0.25, 0.3) is 0 Å². The van der Waals surface area contributed by atoms with E-state index in [0.29, 0.717) is 12.8 Å². The van der Waals surface area contributed by atoms with Crippen LogP contribution in [-0.2, 0) is 12.8 Å². The van der Waals surface area contributed by atoms with Gasteiger partial charge in [0.15, 0.2) is 5.76 Å². The molecule has 0 atom stereocenters. The molecule has 1 aromatic carbocycles. The SMILES string of the molecule is Cc1ncccc1-c1cc(Cc2ccc(Cc3cccc(F)n3)cc2)no1. The highest BCUT2D eigenvalue weighted by molar-refractivity contribution is 5.59. The highest BCUT2D eigenvalue weighted by Gasteiger charge is 2.10. The Bertz CT molecular complexity index is 1060. The van der Waals surface area contributed by atoms with E-state index in [1.54, 1.807) is 12.3 Å². The van der Waals surface area contributed by atoms with Crippen molar-refractivity contribution in [1.82, 2.24) is 15.1 Å². The van der Waals surface area contributed by atoms with E-state index in [0.717, 1.165) is 39.5 Å². The molecule has 0 N–H and O–H groups in total. The quantitative estimate of drug-likeness (QED) is 0.482. The van der Waals surface area contributed by atoms with Crippen LogP contribution < -0.4 is 0 Å². The summed E-state index contributed by atoms with van der Waals surface area (Å²) < 4.78 is 18.7. The normalized spacial score (nSPS) is 10.9. The van der Waals surface area contributed by atoms with E-state index >= 15 is 0 Å². The third-order valence-electron chi connectivity index (χ3n) is 4.40. The molecular formula is C22H18FN3O. The van der Waals surface area contributed by atoms with Gasteiger partial charge in [0.2, 0.25) is 5.95 Å². The largest absolute Gasteiger partial charge is 0.356 e. The van der Waals surface area contributed by atoms with Gasteiger partial charge in [0.1, 0.15) is 0 Å². The summed E-state index contributed by atoms with van der Waals surface area (Å²) in [6.45, 7) is 1.95. The molecule has 0 unspecified atom stereocenters. The summed E-state index contributed by atoms with van der Waals surface area (Å²) in [5.74, 6) is 0.277. The van der Waals surface area contributed by atoms with E-state index in [9.17, 15) is 4.39 Å². The lowest BCUT2D eigenvalue weighted by atomic mass is 10.0. The first-order valence-electron chi connectivity index (χ1n) is 8.74. The minimum absolute atomic E-state index is 0.449. The Labute approximate surface area is 156 Å². The lowest BCUT2D eigenvalue weighted by Gasteiger charge is -2.03. The maximum absolute atomic E-state index is 13.2. The van der Waals surface area contributed by atoms with Gasteiger partial charge < -0.3 is 4.52 Å². The number of pyridine rings is 2. The minimum atomic E-state index is -0.449. The summed E-state index contributed by atoms with van der Waals surface area (Å²) in [7, 11) is 0. The van der Waals surface area contributed by atoms with Crippen molar-refractivity contribution < 1.29 is 8.91 Å². The summed E-state index contributed by atoms with van der Waals surface area (Å²) in [6, 6.07) is 18.9. The van der Waals surface area contributed by atoms with Crippen LogP contribution in [0.5, 0.6) is 0 Å². The lowest BCUT2D eigenvalue weighted by molar-refractivity contribution is 0.425. The van der Waals surface area contributed by atoms with Crippen LogP contribution in [0, 0.1) is 12.9 Å². The van der Waals surface area contributed by atoms with Crippen LogP contribution in [0.4, 0.5) is 4.39 Å². The molecule has 0 aliphatic rings. The summed E-state index contributed by atoms with van der Waals surface area (Å²) in [5.41, 5.74) is 5.67. The highest BCUT2D eigenvalue weighted by Crippen LogP contribution is 2.23. The number of aromatic nitrogens is 3. The standard InChI is InChI=1S/C22H18FN3O/c1-15-20(5-3-11-24-15)21-14-19(26-27-21)13-17-9-7-16(8-10-17)12-18-4-2-6-22(23)25-18/h2-11,14H,12-13H2,1H3. The molecule has 0 aliphatic heterocycles. The third kappa shape index (κ3) is 4.08. The molecule has 0 aliphatic carbocycles. The Hall–Kier alpha value is -3.34. The molecule has 0 bridgehead atoms. The molecule has 0 radical (unpaired) electrons. The van der Waals surface area contributed by atoms with Crippen molar-refractivity contribution in [3.05, 3.63) is 101 Å². The topological polar surface area (TPSA) is 51.8 Å². The van der Waals surface area contributed by atoms with E-state index in [1.807, 2.05) is 43.3 Å². The first kappa shape index (κ1) is 17.1. The molecule has 5 heteroatoms. The van der Waals surface area contributed by atoms with E-state index in [-0.39, 0.29) is 0 Å². The van der Waals surface area contributed by atoms with Crippen molar-refractivity contribution in [3.8, 4) is 11.3 Å². The molecule has 4 aromatic rings. The maximum atomic E-state index is 13.2. The molecule has 3 aromatic heterocycles. The second-order valence-electron chi connectivity index (χ2n) is 6.44. The van der Waals surface area contributed by atoms with Crippen LogP contribution in [0.15, 0.2) is 71.4 Å². The van der Waals surface area contributed by atoms with E-state index in [4.69, 9.17) is 4.52 Å². The second kappa shape index (κ2) is 7.50. The van der Waals surface area contributed by atoms with Crippen LogP contribution >= 0.6 is 0 Å². The molecule has 27 heavy (non-hydrogen) atoms. The first-order valence-corrected chi connectivity index (χ1v) is 8.74.